The van der Waals surface area contributed by atoms with Crippen molar-refractivity contribution in [2.45, 2.75) is 38.1 Å². The molecule has 6 nitrogen and oxygen atoms in total. The summed E-state index contributed by atoms with van der Waals surface area (Å²) >= 11 is 0. The van der Waals surface area contributed by atoms with E-state index in [9.17, 15) is 18.0 Å². The van der Waals surface area contributed by atoms with Crippen molar-refractivity contribution < 1.29 is 18.0 Å². The Bertz CT molecular complexity index is 697. The predicted octanol–water partition coefficient (Wildman–Crippen LogP) is 0.729. The minimum atomic E-state index is -3.88. The summed E-state index contributed by atoms with van der Waals surface area (Å²) in [5, 5.41) is 2.17. The molecule has 0 spiro atoms. The lowest BCUT2D eigenvalue weighted by molar-refractivity contribution is -0.137. The third kappa shape index (κ3) is 2.84. The maximum atomic E-state index is 12.7. The SMILES string of the molecule is CCC1C(=O)NC(=O)CN1S(=O)(=O)c1ccc(C)c(C)c1. The van der Waals surface area contributed by atoms with Crippen LogP contribution >= 0.6 is 0 Å². The van der Waals surface area contributed by atoms with Gasteiger partial charge < -0.3 is 0 Å². The molecule has 1 fully saturated rings. The lowest BCUT2D eigenvalue weighted by atomic mass is 10.1. The number of hydrogen-bond donors (Lipinski definition) is 1. The van der Waals surface area contributed by atoms with Gasteiger partial charge in [0.15, 0.2) is 0 Å². The minimum absolute atomic E-state index is 0.103. The summed E-state index contributed by atoms with van der Waals surface area (Å²) in [6.45, 7) is 5.08. The number of benzene rings is 1. The van der Waals surface area contributed by atoms with Crippen LogP contribution in [0.5, 0.6) is 0 Å². The molecule has 2 rings (SSSR count). The number of nitrogens with one attached hydrogen (secondary N) is 1. The van der Waals surface area contributed by atoms with Gasteiger partial charge in [0.2, 0.25) is 21.8 Å². The molecular weight excluding hydrogens is 292 g/mol. The summed E-state index contributed by atoms with van der Waals surface area (Å²) in [5.74, 6) is -1.17. The highest BCUT2D eigenvalue weighted by Crippen LogP contribution is 2.23. The Morgan fingerprint density at radius 3 is 2.48 bits per heavy atom. The third-order valence-electron chi connectivity index (χ3n) is 3.68. The number of carbonyl (C=O) groups excluding carboxylic acids is 2. The lowest BCUT2D eigenvalue weighted by Crippen LogP contribution is -2.59. The second-order valence-electron chi connectivity index (χ2n) is 5.13. The highest BCUT2D eigenvalue weighted by atomic mass is 32.2. The van der Waals surface area contributed by atoms with Gasteiger partial charge in [-0.1, -0.05) is 13.0 Å². The van der Waals surface area contributed by atoms with Crippen molar-refractivity contribution in [3.63, 3.8) is 0 Å². The summed E-state index contributed by atoms with van der Waals surface area (Å²) in [6.07, 6.45) is 0.309. The highest BCUT2D eigenvalue weighted by molar-refractivity contribution is 7.89. The monoisotopic (exact) mass is 310 g/mol. The van der Waals surface area contributed by atoms with E-state index in [1.807, 2.05) is 13.8 Å². The molecule has 1 aliphatic rings. The predicted molar refractivity (Wildman–Crippen MR) is 77.0 cm³/mol. The topological polar surface area (TPSA) is 83.6 Å². The summed E-state index contributed by atoms with van der Waals surface area (Å²) in [4.78, 5) is 23.4. The van der Waals surface area contributed by atoms with E-state index >= 15 is 0 Å². The van der Waals surface area contributed by atoms with Gasteiger partial charge in [-0.3, -0.25) is 14.9 Å². The summed E-state index contributed by atoms with van der Waals surface area (Å²) in [6, 6.07) is 3.93. The molecule has 1 aromatic carbocycles. The fourth-order valence-corrected chi connectivity index (χ4v) is 4.00. The first kappa shape index (κ1) is 15.7. The van der Waals surface area contributed by atoms with Crippen LogP contribution in [0.2, 0.25) is 0 Å². The van der Waals surface area contributed by atoms with Gasteiger partial charge in [0, 0.05) is 0 Å². The second kappa shape index (κ2) is 5.57. The van der Waals surface area contributed by atoms with Gasteiger partial charge in [-0.15, -0.1) is 0 Å². The highest BCUT2D eigenvalue weighted by Gasteiger charge is 2.40. The Labute approximate surface area is 124 Å². The Kier molecular flexibility index (Phi) is 4.15. The van der Waals surface area contributed by atoms with Crippen LogP contribution in [-0.4, -0.2) is 37.1 Å². The van der Waals surface area contributed by atoms with E-state index in [4.69, 9.17) is 0 Å². The van der Waals surface area contributed by atoms with E-state index in [-0.39, 0.29) is 11.4 Å². The number of hydrogen-bond acceptors (Lipinski definition) is 4. The molecule has 0 saturated carbocycles. The fourth-order valence-electron chi connectivity index (χ4n) is 2.29. The molecule has 21 heavy (non-hydrogen) atoms. The van der Waals surface area contributed by atoms with Crippen LogP contribution in [0, 0.1) is 13.8 Å². The molecule has 2 amide bonds. The Balaban J connectivity index is 2.47. The average Bonchev–Trinajstić information content (AvgIpc) is 2.41. The van der Waals surface area contributed by atoms with Crippen molar-refractivity contribution in [1.82, 2.24) is 9.62 Å². The maximum Gasteiger partial charge on any atom is 0.245 e. The zero-order chi connectivity index (χ0) is 15.8. The first-order valence-electron chi connectivity index (χ1n) is 6.70. The molecule has 0 aliphatic carbocycles. The van der Waals surface area contributed by atoms with E-state index in [1.165, 1.54) is 6.07 Å². The molecular formula is C14H18N2O4S. The van der Waals surface area contributed by atoms with Crippen LogP contribution < -0.4 is 5.32 Å². The first-order valence-corrected chi connectivity index (χ1v) is 8.14. The smallest absolute Gasteiger partial charge is 0.245 e. The van der Waals surface area contributed by atoms with Crippen LogP contribution in [-0.2, 0) is 19.6 Å². The van der Waals surface area contributed by atoms with Gasteiger partial charge >= 0.3 is 0 Å². The Morgan fingerprint density at radius 1 is 1.24 bits per heavy atom. The quantitative estimate of drug-likeness (QED) is 0.834. The normalized spacial score (nSPS) is 20.4. The number of carbonyl (C=O) groups is 2. The molecule has 0 aromatic heterocycles. The van der Waals surface area contributed by atoms with Gasteiger partial charge in [0.1, 0.15) is 6.04 Å². The molecule has 1 aromatic rings. The fraction of sp³-hybridized carbons (Fsp3) is 0.429. The number of piperazine rings is 1. The number of aryl methyl sites for hydroxylation is 2. The molecule has 1 unspecified atom stereocenters. The molecule has 114 valence electrons. The third-order valence-corrected chi connectivity index (χ3v) is 5.53. The average molecular weight is 310 g/mol. The molecule has 1 heterocycles. The minimum Gasteiger partial charge on any atom is -0.294 e. The van der Waals surface area contributed by atoms with Gasteiger partial charge in [-0.25, -0.2) is 8.42 Å². The van der Waals surface area contributed by atoms with Gasteiger partial charge in [0.25, 0.3) is 0 Å². The van der Waals surface area contributed by atoms with E-state index in [0.717, 1.165) is 15.4 Å². The lowest BCUT2D eigenvalue weighted by Gasteiger charge is -2.32. The Morgan fingerprint density at radius 2 is 1.90 bits per heavy atom. The van der Waals surface area contributed by atoms with Crippen molar-refractivity contribution in [2.75, 3.05) is 6.54 Å². The van der Waals surface area contributed by atoms with Crippen LogP contribution in [0.25, 0.3) is 0 Å². The van der Waals surface area contributed by atoms with Crippen molar-refractivity contribution in [2.24, 2.45) is 0 Å². The summed E-state index contributed by atoms with van der Waals surface area (Å²) < 4.78 is 26.4. The Hall–Kier alpha value is -1.73. The number of rotatable bonds is 3. The molecule has 0 bridgehead atoms. The van der Waals surface area contributed by atoms with E-state index in [0.29, 0.717) is 6.42 Å². The second-order valence-corrected chi connectivity index (χ2v) is 7.02. The number of sulfonamides is 1. The maximum absolute atomic E-state index is 12.7. The molecule has 1 atom stereocenters. The molecule has 1 saturated heterocycles. The number of imide groups is 1. The van der Waals surface area contributed by atoms with Crippen molar-refractivity contribution in [3.05, 3.63) is 29.3 Å². The van der Waals surface area contributed by atoms with E-state index in [1.54, 1.807) is 19.1 Å². The van der Waals surface area contributed by atoms with Crippen LogP contribution in [0.3, 0.4) is 0 Å². The number of nitrogens with zero attached hydrogens (tertiary/aromatic N) is 1. The summed E-state index contributed by atoms with van der Waals surface area (Å²) in [7, 11) is -3.88. The van der Waals surface area contributed by atoms with Crippen LogP contribution in [0.4, 0.5) is 0 Å². The molecule has 7 heteroatoms. The van der Waals surface area contributed by atoms with Crippen molar-refractivity contribution in [1.29, 1.82) is 0 Å². The van der Waals surface area contributed by atoms with Gasteiger partial charge in [-0.2, -0.15) is 4.31 Å². The molecule has 1 N–H and O–H groups in total. The first-order chi connectivity index (χ1) is 9.77. The summed E-state index contributed by atoms with van der Waals surface area (Å²) in [5.41, 5.74) is 1.82. The zero-order valence-electron chi connectivity index (χ0n) is 12.2. The van der Waals surface area contributed by atoms with E-state index < -0.39 is 27.9 Å². The number of amides is 2. The largest absolute Gasteiger partial charge is 0.294 e. The van der Waals surface area contributed by atoms with Gasteiger partial charge in [0.05, 0.1) is 11.4 Å². The zero-order valence-corrected chi connectivity index (χ0v) is 13.0. The van der Waals surface area contributed by atoms with Gasteiger partial charge in [-0.05, 0) is 43.5 Å². The van der Waals surface area contributed by atoms with Crippen LogP contribution in [0.15, 0.2) is 23.1 Å². The van der Waals surface area contributed by atoms with E-state index in [2.05, 4.69) is 5.32 Å². The van der Waals surface area contributed by atoms with Crippen LogP contribution in [0.1, 0.15) is 24.5 Å². The van der Waals surface area contributed by atoms with Crippen molar-refractivity contribution >= 4 is 21.8 Å². The molecule has 1 aliphatic heterocycles. The molecule has 0 radical (unpaired) electrons. The van der Waals surface area contributed by atoms with Crippen molar-refractivity contribution in [3.8, 4) is 0 Å². The standard InChI is InChI=1S/C14H18N2O4S/c1-4-12-14(18)15-13(17)8-16(12)21(19,20)11-6-5-9(2)10(3)7-11/h5-7,12H,4,8H2,1-3H3,(H,15,17,18).